The number of urea groups is 1. The quantitative estimate of drug-likeness (QED) is 0.634. The van der Waals surface area contributed by atoms with Gasteiger partial charge >= 0.3 is 6.03 Å². The van der Waals surface area contributed by atoms with E-state index in [0.29, 0.717) is 24.6 Å². The second-order valence-corrected chi connectivity index (χ2v) is 7.96. The summed E-state index contributed by atoms with van der Waals surface area (Å²) in [7, 11) is 0. The van der Waals surface area contributed by atoms with Gasteiger partial charge in [0.2, 0.25) is 0 Å². The number of aryl methyl sites for hydroxylation is 2. The number of benzene rings is 2. The SMILES string of the molecule is CCn1cnnc1[C@H]1CCCN(C(=O)Nc2ccc(C)cc2OCc2ccccc2)C1. The van der Waals surface area contributed by atoms with Crippen LogP contribution in [-0.4, -0.2) is 38.8 Å². The lowest BCUT2D eigenvalue weighted by Crippen LogP contribution is -2.42. The number of likely N-dealkylation sites (tertiary alicyclic amines) is 1. The molecule has 1 N–H and O–H groups in total. The average Bonchev–Trinajstić information content (AvgIpc) is 3.29. The van der Waals surface area contributed by atoms with Crippen molar-refractivity contribution < 1.29 is 9.53 Å². The van der Waals surface area contributed by atoms with Crippen molar-refractivity contribution in [3.63, 3.8) is 0 Å². The standard InChI is InChI=1S/C24H29N5O2/c1-3-28-17-25-27-23(28)20-10-7-13-29(15-20)24(30)26-21-12-11-18(2)14-22(21)31-16-19-8-5-4-6-9-19/h4-6,8-9,11-12,14,17,20H,3,7,10,13,15-16H2,1-2H3,(H,26,30)/t20-/m0/s1. The van der Waals surface area contributed by atoms with Crippen LogP contribution < -0.4 is 10.1 Å². The van der Waals surface area contributed by atoms with Crippen LogP contribution in [0.25, 0.3) is 0 Å². The number of hydrogen-bond donors (Lipinski definition) is 1. The Kier molecular flexibility index (Phi) is 6.50. The summed E-state index contributed by atoms with van der Waals surface area (Å²) in [5.41, 5.74) is 2.85. The molecule has 2 amide bonds. The predicted molar refractivity (Wildman–Crippen MR) is 120 cm³/mol. The van der Waals surface area contributed by atoms with Gasteiger partial charge in [-0.2, -0.15) is 0 Å². The molecule has 7 nitrogen and oxygen atoms in total. The number of anilines is 1. The Morgan fingerprint density at radius 1 is 1.23 bits per heavy atom. The third-order valence-corrected chi connectivity index (χ3v) is 5.68. The van der Waals surface area contributed by atoms with E-state index in [4.69, 9.17) is 4.74 Å². The molecule has 0 saturated carbocycles. The molecule has 1 fully saturated rings. The van der Waals surface area contributed by atoms with Gasteiger partial charge in [0.15, 0.2) is 0 Å². The summed E-state index contributed by atoms with van der Waals surface area (Å²) < 4.78 is 8.10. The molecule has 0 aliphatic carbocycles. The van der Waals surface area contributed by atoms with E-state index < -0.39 is 0 Å². The first-order valence-corrected chi connectivity index (χ1v) is 10.8. The highest BCUT2D eigenvalue weighted by molar-refractivity contribution is 5.91. The zero-order valence-corrected chi connectivity index (χ0v) is 18.1. The van der Waals surface area contributed by atoms with Crippen LogP contribution in [0.4, 0.5) is 10.5 Å². The molecule has 1 aliphatic rings. The Balaban J connectivity index is 1.44. The molecule has 1 aromatic heterocycles. The number of nitrogens with zero attached hydrogens (tertiary/aromatic N) is 4. The first kappa shape index (κ1) is 20.9. The number of piperidine rings is 1. The summed E-state index contributed by atoms with van der Waals surface area (Å²) in [6.45, 7) is 6.74. The van der Waals surface area contributed by atoms with Crippen LogP contribution >= 0.6 is 0 Å². The Labute approximate surface area is 183 Å². The summed E-state index contributed by atoms with van der Waals surface area (Å²) in [5.74, 6) is 1.84. The molecular formula is C24H29N5O2. The Hall–Kier alpha value is -3.35. The van der Waals surface area contributed by atoms with Crippen LogP contribution in [0.2, 0.25) is 0 Å². The molecule has 3 aromatic rings. The van der Waals surface area contributed by atoms with E-state index in [-0.39, 0.29) is 11.9 Å². The first-order chi connectivity index (χ1) is 15.1. The van der Waals surface area contributed by atoms with E-state index in [0.717, 1.165) is 42.9 Å². The average molecular weight is 420 g/mol. The number of hydrogen-bond acceptors (Lipinski definition) is 4. The number of ether oxygens (including phenoxy) is 1. The van der Waals surface area contributed by atoms with Gasteiger partial charge in [-0.25, -0.2) is 4.79 Å². The maximum Gasteiger partial charge on any atom is 0.321 e. The summed E-state index contributed by atoms with van der Waals surface area (Å²) in [6.07, 6.45) is 3.72. The van der Waals surface area contributed by atoms with Crippen LogP contribution in [0, 0.1) is 6.92 Å². The van der Waals surface area contributed by atoms with Crippen molar-refractivity contribution >= 4 is 11.7 Å². The molecule has 0 unspecified atom stereocenters. The van der Waals surface area contributed by atoms with Gasteiger partial charge in [-0.1, -0.05) is 36.4 Å². The van der Waals surface area contributed by atoms with Crippen molar-refractivity contribution in [2.45, 2.75) is 45.8 Å². The number of amides is 2. The van der Waals surface area contributed by atoms with Gasteiger partial charge < -0.3 is 19.5 Å². The highest BCUT2D eigenvalue weighted by Gasteiger charge is 2.28. The Bertz CT molecular complexity index is 1020. The van der Waals surface area contributed by atoms with Crippen molar-refractivity contribution in [1.82, 2.24) is 19.7 Å². The van der Waals surface area contributed by atoms with Gasteiger partial charge in [-0.3, -0.25) is 0 Å². The number of rotatable bonds is 6. The lowest BCUT2D eigenvalue weighted by atomic mass is 9.97. The largest absolute Gasteiger partial charge is 0.487 e. The van der Waals surface area contributed by atoms with Gasteiger partial charge in [0.1, 0.15) is 24.5 Å². The maximum atomic E-state index is 13.1. The topological polar surface area (TPSA) is 72.3 Å². The van der Waals surface area contributed by atoms with Gasteiger partial charge in [0, 0.05) is 25.6 Å². The van der Waals surface area contributed by atoms with E-state index in [2.05, 4.69) is 27.0 Å². The minimum absolute atomic E-state index is 0.110. The Morgan fingerprint density at radius 2 is 2.06 bits per heavy atom. The molecule has 7 heteroatoms. The van der Waals surface area contributed by atoms with E-state index in [1.807, 2.05) is 60.4 Å². The second kappa shape index (κ2) is 9.64. The number of carbonyl (C=O) groups is 1. The van der Waals surface area contributed by atoms with Crippen molar-refractivity contribution in [3.05, 3.63) is 71.8 Å². The fourth-order valence-electron chi connectivity index (χ4n) is 3.98. The van der Waals surface area contributed by atoms with Crippen LogP contribution in [0.1, 0.15) is 42.6 Å². The van der Waals surface area contributed by atoms with E-state index >= 15 is 0 Å². The number of carbonyl (C=O) groups excluding carboxylic acids is 1. The molecule has 31 heavy (non-hydrogen) atoms. The normalized spacial score (nSPS) is 16.2. The van der Waals surface area contributed by atoms with Gasteiger partial charge in [-0.05, 0) is 49.9 Å². The van der Waals surface area contributed by atoms with Crippen molar-refractivity contribution in [2.24, 2.45) is 0 Å². The predicted octanol–water partition coefficient (Wildman–Crippen LogP) is 4.60. The van der Waals surface area contributed by atoms with Crippen LogP contribution in [0.15, 0.2) is 54.9 Å². The van der Waals surface area contributed by atoms with Crippen LogP contribution in [-0.2, 0) is 13.2 Å². The molecular weight excluding hydrogens is 390 g/mol. The van der Waals surface area contributed by atoms with Gasteiger partial charge in [0.05, 0.1) is 5.69 Å². The summed E-state index contributed by atoms with van der Waals surface area (Å²) >= 11 is 0. The zero-order chi connectivity index (χ0) is 21.6. The number of aromatic nitrogens is 3. The molecule has 1 atom stereocenters. The molecule has 4 rings (SSSR count). The maximum absolute atomic E-state index is 13.1. The molecule has 0 bridgehead atoms. The monoisotopic (exact) mass is 419 g/mol. The highest BCUT2D eigenvalue weighted by Crippen LogP contribution is 2.29. The first-order valence-electron chi connectivity index (χ1n) is 10.8. The molecule has 0 radical (unpaired) electrons. The van der Waals surface area contributed by atoms with Crippen molar-refractivity contribution in [2.75, 3.05) is 18.4 Å². The molecule has 1 aliphatic heterocycles. The van der Waals surface area contributed by atoms with E-state index in [9.17, 15) is 4.79 Å². The van der Waals surface area contributed by atoms with Crippen molar-refractivity contribution in [1.29, 1.82) is 0 Å². The van der Waals surface area contributed by atoms with Gasteiger partial charge in [-0.15, -0.1) is 10.2 Å². The lowest BCUT2D eigenvalue weighted by Gasteiger charge is -2.32. The van der Waals surface area contributed by atoms with E-state index in [1.54, 1.807) is 6.33 Å². The van der Waals surface area contributed by atoms with Gasteiger partial charge in [0.25, 0.3) is 0 Å². The molecule has 2 heterocycles. The summed E-state index contributed by atoms with van der Waals surface area (Å²) in [4.78, 5) is 14.9. The fourth-order valence-corrected chi connectivity index (χ4v) is 3.98. The van der Waals surface area contributed by atoms with Crippen LogP contribution in [0.3, 0.4) is 0 Å². The minimum atomic E-state index is -0.110. The second-order valence-electron chi connectivity index (χ2n) is 7.96. The summed E-state index contributed by atoms with van der Waals surface area (Å²) in [6, 6.07) is 15.7. The van der Waals surface area contributed by atoms with Crippen molar-refractivity contribution in [3.8, 4) is 5.75 Å². The molecule has 1 saturated heterocycles. The van der Waals surface area contributed by atoms with Crippen LogP contribution in [0.5, 0.6) is 5.75 Å². The van der Waals surface area contributed by atoms with E-state index in [1.165, 1.54) is 0 Å². The molecule has 2 aromatic carbocycles. The number of nitrogens with one attached hydrogen (secondary N) is 1. The molecule has 162 valence electrons. The highest BCUT2D eigenvalue weighted by atomic mass is 16.5. The minimum Gasteiger partial charge on any atom is -0.487 e. The lowest BCUT2D eigenvalue weighted by molar-refractivity contribution is 0.190. The molecule has 0 spiro atoms. The third-order valence-electron chi connectivity index (χ3n) is 5.68. The Morgan fingerprint density at radius 3 is 2.87 bits per heavy atom. The zero-order valence-electron chi connectivity index (χ0n) is 18.1. The fraction of sp³-hybridized carbons (Fsp3) is 0.375. The third kappa shape index (κ3) is 5.05. The summed E-state index contributed by atoms with van der Waals surface area (Å²) in [5, 5.41) is 11.4. The smallest absolute Gasteiger partial charge is 0.321 e.